The van der Waals surface area contributed by atoms with E-state index in [9.17, 15) is 20.2 Å². The van der Waals surface area contributed by atoms with Crippen molar-refractivity contribution in [3.8, 4) is 11.4 Å². The zero-order valence-electron chi connectivity index (χ0n) is 19.0. The van der Waals surface area contributed by atoms with Crippen molar-refractivity contribution in [3.63, 3.8) is 0 Å². The molecule has 3 aromatic carbocycles. The van der Waals surface area contributed by atoms with Crippen LogP contribution in [0.4, 0.5) is 5.69 Å². The molecule has 0 saturated carbocycles. The highest BCUT2D eigenvalue weighted by molar-refractivity contribution is 7.99. The summed E-state index contributed by atoms with van der Waals surface area (Å²) in [6, 6.07) is 20.6. The van der Waals surface area contributed by atoms with Gasteiger partial charge in [-0.1, -0.05) is 59.8 Å². The first kappa shape index (κ1) is 25.1. The van der Waals surface area contributed by atoms with Crippen LogP contribution < -0.4 is 4.74 Å². The molecule has 0 radical (unpaired) electrons. The Bertz CT molecular complexity index is 1400. The molecule has 0 spiro atoms. The first-order valence-corrected chi connectivity index (χ1v) is 12.0. The monoisotopic (exact) mass is 525 g/mol. The summed E-state index contributed by atoms with van der Waals surface area (Å²) in [5, 5.41) is 31.0. The number of rotatable bonds is 10. The number of nitro benzene ring substituents is 1. The van der Waals surface area contributed by atoms with Gasteiger partial charge in [-0.25, -0.2) is 0 Å². The summed E-state index contributed by atoms with van der Waals surface area (Å²) in [6.45, 7) is 1.54. The zero-order chi connectivity index (χ0) is 25.7. The van der Waals surface area contributed by atoms with E-state index in [1.54, 1.807) is 30.3 Å². The van der Waals surface area contributed by atoms with Crippen molar-refractivity contribution in [2.45, 2.75) is 23.9 Å². The lowest BCUT2D eigenvalue weighted by molar-refractivity contribution is -0.479. The summed E-state index contributed by atoms with van der Waals surface area (Å²) in [5.41, 5.74) is 2.06. The average Bonchev–Trinajstić information content (AvgIpc) is 3.23. The highest BCUT2D eigenvalue weighted by Crippen LogP contribution is 2.38. The zero-order valence-corrected chi connectivity index (χ0v) is 20.6. The van der Waals surface area contributed by atoms with Gasteiger partial charge in [0.25, 0.3) is 5.69 Å². The predicted molar refractivity (Wildman–Crippen MR) is 135 cm³/mol. The molecule has 10 nitrogen and oxygen atoms in total. The van der Waals surface area contributed by atoms with Gasteiger partial charge in [-0.05, 0) is 42.3 Å². The largest absolute Gasteiger partial charge is 0.487 e. The summed E-state index contributed by atoms with van der Waals surface area (Å²) in [4.78, 5) is 21.6. The highest BCUT2D eigenvalue weighted by Gasteiger charge is 2.24. The molecule has 0 N–H and O–H groups in total. The molecule has 36 heavy (non-hydrogen) atoms. The Labute approximate surface area is 215 Å². The Hall–Kier alpha value is -3.96. The molecule has 1 atom stereocenters. The molecular weight excluding hydrogens is 506 g/mol. The number of hydrogen-bond donors (Lipinski definition) is 0. The number of nitro groups is 2. The quantitative estimate of drug-likeness (QED) is 0.144. The number of ether oxygens (including phenoxy) is 1. The SMILES string of the molecule is Cc1nnc(S[C@@H](C[N+](=O)[O-])c2ccc(OCc3cccc([N+](=O)[O-])c3)c(Cl)c2)n1-c1ccccc1. The van der Waals surface area contributed by atoms with E-state index in [4.69, 9.17) is 16.3 Å². The number of aromatic nitrogens is 3. The third-order valence-corrected chi connectivity index (χ3v) is 6.69. The van der Waals surface area contributed by atoms with Gasteiger partial charge in [0, 0.05) is 22.7 Å². The highest BCUT2D eigenvalue weighted by atomic mass is 35.5. The molecule has 0 bridgehead atoms. The smallest absolute Gasteiger partial charge is 0.269 e. The van der Waals surface area contributed by atoms with E-state index in [2.05, 4.69) is 10.2 Å². The van der Waals surface area contributed by atoms with Gasteiger partial charge in [-0.15, -0.1) is 10.2 Å². The van der Waals surface area contributed by atoms with Gasteiger partial charge in [0.15, 0.2) is 5.16 Å². The maximum absolute atomic E-state index is 11.5. The summed E-state index contributed by atoms with van der Waals surface area (Å²) in [7, 11) is 0. The third kappa shape index (κ3) is 5.99. The molecule has 0 fully saturated rings. The minimum absolute atomic E-state index is 0.0317. The molecule has 0 amide bonds. The van der Waals surface area contributed by atoms with Crippen molar-refractivity contribution in [2.75, 3.05) is 6.54 Å². The lowest BCUT2D eigenvalue weighted by Crippen LogP contribution is -2.11. The number of benzene rings is 3. The number of nitrogens with zero attached hydrogens (tertiary/aromatic N) is 5. The lowest BCUT2D eigenvalue weighted by atomic mass is 10.1. The van der Waals surface area contributed by atoms with Crippen LogP contribution in [0, 0.1) is 27.2 Å². The van der Waals surface area contributed by atoms with E-state index in [0.29, 0.717) is 27.9 Å². The van der Waals surface area contributed by atoms with Crippen LogP contribution in [0.2, 0.25) is 5.02 Å². The van der Waals surface area contributed by atoms with Crippen LogP contribution in [0.5, 0.6) is 5.75 Å². The first-order valence-electron chi connectivity index (χ1n) is 10.7. The average molecular weight is 526 g/mol. The Morgan fingerprint density at radius 3 is 2.50 bits per heavy atom. The Morgan fingerprint density at radius 2 is 1.81 bits per heavy atom. The van der Waals surface area contributed by atoms with Crippen molar-refractivity contribution in [2.24, 2.45) is 0 Å². The van der Waals surface area contributed by atoms with Crippen molar-refractivity contribution >= 4 is 29.1 Å². The molecule has 4 aromatic rings. The second-order valence-corrected chi connectivity index (χ2v) is 9.31. The molecule has 0 saturated heterocycles. The van der Waals surface area contributed by atoms with E-state index in [-0.39, 0.29) is 28.8 Å². The molecular formula is C24H20ClN5O5S. The van der Waals surface area contributed by atoms with Gasteiger partial charge in [0.05, 0.1) is 9.95 Å². The Balaban J connectivity index is 1.55. The maximum Gasteiger partial charge on any atom is 0.269 e. The fraction of sp³-hybridized carbons (Fsp3) is 0.167. The van der Waals surface area contributed by atoms with Gasteiger partial charge < -0.3 is 4.74 Å². The van der Waals surface area contributed by atoms with Crippen LogP contribution in [0.15, 0.2) is 78.0 Å². The van der Waals surface area contributed by atoms with Crippen LogP contribution >= 0.6 is 23.4 Å². The summed E-state index contributed by atoms with van der Waals surface area (Å²) in [5.74, 6) is 1.02. The summed E-state index contributed by atoms with van der Waals surface area (Å²) in [6.07, 6.45) is 0. The van der Waals surface area contributed by atoms with E-state index in [1.165, 1.54) is 23.9 Å². The maximum atomic E-state index is 11.5. The topological polar surface area (TPSA) is 126 Å². The lowest BCUT2D eigenvalue weighted by Gasteiger charge is -2.16. The second-order valence-electron chi connectivity index (χ2n) is 7.73. The first-order chi connectivity index (χ1) is 17.3. The standard InChI is InChI=1S/C24H20ClN5O5S/c1-16-26-27-24(29(16)19-7-3-2-4-8-19)36-23(14-28(31)32)18-10-11-22(21(25)13-18)35-15-17-6-5-9-20(12-17)30(33)34/h2-13,23H,14-15H2,1H3/t23-/m0/s1. The van der Waals surface area contributed by atoms with Crippen molar-refractivity contribution in [1.82, 2.24) is 14.8 Å². The molecule has 0 unspecified atom stereocenters. The minimum atomic E-state index is -0.589. The fourth-order valence-electron chi connectivity index (χ4n) is 3.52. The molecule has 0 aliphatic carbocycles. The van der Waals surface area contributed by atoms with Crippen LogP contribution in [-0.4, -0.2) is 31.2 Å². The van der Waals surface area contributed by atoms with Gasteiger partial charge >= 0.3 is 0 Å². The van der Waals surface area contributed by atoms with Crippen LogP contribution in [0.25, 0.3) is 5.69 Å². The van der Waals surface area contributed by atoms with Crippen molar-refractivity contribution in [1.29, 1.82) is 0 Å². The molecule has 4 rings (SSSR count). The van der Waals surface area contributed by atoms with E-state index in [0.717, 1.165) is 5.69 Å². The molecule has 0 aliphatic rings. The number of halogens is 1. The fourth-order valence-corrected chi connectivity index (χ4v) is 4.93. The van der Waals surface area contributed by atoms with Gasteiger partial charge in [0.1, 0.15) is 23.4 Å². The summed E-state index contributed by atoms with van der Waals surface area (Å²) < 4.78 is 7.59. The predicted octanol–water partition coefficient (Wildman–Crippen LogP) is 5.83. The second kappa shape index (κ2) is 11.2. The Morgan fingerprint density at radius 1 is 1.03 bits per heavy atom. The van der Waals surface area contributed by atoms with Crippen LogP contribution in [-0.2, 0) is 6.61 Å². The number of para-hydroxylation sites is 1. The van der Waals surface area contributed by atoms with Gasteiger partial charge in [0.2, 0.25) is 6.54 Å². The molecule has 1 aromatic heterocycles. The van der Waals surface area contributed by atoms with E-state index >= 15 is 0 Å². The van der Waals surface area contributed by atoms with Crippen molar-refractivity contribution < 1.29 is 14.6 Å². The van der Waals surface area contributed by atoms with Gasteiger partial charge in [-0.2, -0.15) is 0 Å². The van der Waals surface area contributed by atoms with Gasteiger partial charge in [-0.3, -0.25) is 24.8 Å². The van der Waals surface area contributed by atoms with Crippen LogP contribution in [0.3, 0.4) is 0 Å². The molecule has 12 heteroatoms. The van der Waals surface area contributed by atoms with Crippen LogP contribution in [0.1, 0.15) is 22.2 Å². The molecule has 184 valence electrons. The normalized spacial score (nSPS) is 11.7. The van der Waals surface area contributed by atoms with E-state index < -0.39 is 10.2 Å². The van der Waals surface area contributed by atoms with E-state index in [1.807, 2.05) is 41.8 Å². The minimum Gasteiger partial charge on any atom is -0.487 e. The molecule has 0 aliphatic heterocycles. The summed E-state index contributed by atoms with van der Waals surface area (Å²) >= 11 is 7.67. The number of thioether (sulfide) groups is 1. The number of hydrogen-bond acceptors (Lipinski definition) is 8. The number of aryl methyl sites for hydroxylation is 1. The third-order valence-electron chi connectivity index (χ3n) is 5.22. The molecule has 1 heterocycles. The number of non-ortho nitro benzene ring substituents is 1. The van der Waals surface area contributed by atoms with Crippen molar-refractivity contribution in [3.05, 3.63) is 115 Å². The Kier molecular flexibility index (Phi) is 7.81.